The third-order valence-corrected chi connectivity index (χ3v) is 5.71. The second kappa shape index (κ2) is 11.3. The van der Waals surface area contributed by atoms with Crippen molar-refractivity contribution in [1.82, 2.24) is 25.6 Å². The Labute approximate surface area is 183 Å². The van der Waals surface area contributed by atoms with Crippen LogP contribution in [0.25, 0.3) is 0 Å². The summed E-state index contributed by atoms with van der Waals surface area (Å²) in [6.07, 6.45) is 9.72. The van der Waals surface area contributed by atoms with E-state index in [1.165, 1.54) is 24.0 Å². The summed E-state index contributed by atoms with van der Waals surface area (Å²) in [5.74, 6) is -1.04. The van der Waals surface area contributed by atoms with Crippen molar-refractivity contribution in [3.05, 3.63) is 64.7 Å². The number of nitrogens with zero attached hydrogens (tertiary/aromatic N) is 3. The van der Waals surface area contributed by atoms with Crippen molar-refractivity contribution in [2.75, 3.05) is 0 Å². The molecule has 2 heterocycles. The molecule has 7 nitrogen and oxygen atoms in total. The fraction of sp³-hybridized carbons (Fsp3) is 0.458. The number of hydrogen-bond donors (Lipinski definition) is 2. The fourth-order valence-corrected chi connectivity index (χ4v) is 4.02. The van der Waals surface area contributed by atoms with E-state index >= 15 is 0 Å². The Balaban J connectivity index is 1.52. The molecule has 0 saturated heterocycles. The molecule has 0 fully saturated rings. The molecule has 31 heavy (non-hydrogen) atoms. The first-order valence-electron chi connectivity index (χ1n) is 11.1. The number of hydrogen-bond acceptors (Lipinski definition) is 5. The van der Waals surface area contributed by atoms with E-state index < -0.39 is 11.6 Å². The molecule has 1 aromatic carbocycles. The molecule has 0 aliphatic heterocycles. The van der Waals surface area contributed by atoms with Crippen LogP contribution < -0.4 is 0 Å². The molecule has 0 aliphatic rings. The number of aryl methyl sites for hydroxylation is 2. The summed E-state index contributed by atoms with van der Waals surface area (Å²) in [4.78, 5) is 27.9. The van der Waals surface area contributed by atoms with Crippen molar-refractivity contribution >= 4 is 11.6 Å². The topological polar surface area (TPSA) is 104 Å². The highest BCUT2D eigenvalue weighted by Gasteiger charge is 2.24. The Kier molecular flexibility index (Phi) is 8.27. The number of rotatable bonds is 13. The number of nitrogens with one attached hydrogen (secondary N) is 2. The number of H-pyrrole nitrogens is 2. The van der Waals surface area contributed by atoms with Gasteiger partial charge >= 0.3 is 0 Å². The van der Waals surface area contributed by atoms with Crippen molar-refractivity contribution in [2.24, 2.45) is 0 Å². The van der Waals surface area contributed by atoms with E-state index in [2.05, 4.69) is 63.7 Å². The third-order valence-electron chi connectivity index (χ3n) is 5.71. The first-order valence-corrected chi connectivity index (χ1v) is 11.1. The van der Waals surface area contributed by atoms with Crippen LogP contribution >= 0.6 is 0 Å². The summed E-state index contributed by atoms with van der Waals surface area (Å²) in [6.45, 7) is 4.29. The van der Waals surface area contributed by atoms with Gasteiger partial charge in [0.15, 0.2) is 0 Å². The van der Waals surface area contributed by atoms with E-state index in [4.69, 9.17) is 0 Å². The van der Waals surface area contributed by atoms with E-state index in [-0.39, 0.29) is 12.2 Å². The molecule has 1 atom stereocenters. The molecule has 1 unspecified atom stereocenters. The summed E-state index contributed by atoms with van der Waals surface area (Å²) in [7, 11) is 0. The van der Waals surface area contributed by atoms with Crippen molar-refractivity contribution in [3.8, 4) is 0 Å². The van der Waals surface area contributed by atoms with Crippen molar-refractivity contribution < 1.29 is 9.59 Å². The van der Waals surface area contributed by atoms with E-state index in [1.54, 1.807) is 0 Å². The number of carbonyl (C=O) groups is 2. The number of aromatic amines is 2. The van der Waals surface area contributed by atoms with Gasteiger partial charge < -0.3 is 4.98 Å². The van der Waals surface area contributed by atoms with Gasteiger partial charge in [-0.05, 0) is 60.9 Å². The van der Waals surface area contributed by atoms with E-state index in [0.29, 0.717) is 5.92 Å². The maximum Gasteiger partial charge on any atom is 0.269 e. The zero-order valence-corrected chi connectivity index (χ0v) is 18.4. The van der Waals surface area contributed by atoms with Crippen LogP contribution in [0, 0.1) is 6.92 Å². The Bertz CT molecular complexity index is 960. The lowest BCUT2D eigenvalue weighted by atomic mass is 9.89. The summed E-state index contributed by atoms with van der Waals surface area (Å²) in [6, 6.07) is 10.7. The molecule has 2 aromatic heterocycles. The highest BCUT2D eigenvalue weighted by molar-refractivity contribution is 6.43. The Morgan fingerprint density at radius 1 is 1.03 bits per heavy atom. The average molecular weight is 422 g/mol. The van der Waals surface area contributed by atoms with E-state index in [1.807, 2.05) is 12.3 Å². The van der Waals surface area contributed by atoms with Crippen molar-refractivity contribution in [3.63, 3.8) is 0 Å². The predicted octanol–water partition coefficient (Wildman–Crippen LogP) is 4.52. The lowest BCUT2D eigenvalue weighted by Gasteiger charge is -2.17. The van der Waals surface area contributed by atoms with Crippen LogP contribution in [0.3, 0.4) is 0 Å². The molecule has 0 amide bonds. The van der Waals surface area contributed by atoms with Gasteiger partial charge in [-0.1, -0.05) is 56.0 Å². The van der Waals surface area contributed by atoms with Crippen LogP contribution in [-0.2, 0) is 17.6 Å². The molecular weight excluding hydrogens is 390 g/mol. The van der Waals surface area contributed by atoms with Gasteiger partial charge in [-0.25, -0.2) is 0 Å². The zero-order chi connectivity index (χ0) is 22.1. The maximum atomic E-state index is 12.4. The van der Waals surface area contributed by atoms with Crippen LogP contribution in [0.1, 0.15) is 84.4 Å². The highest BCUT2D eigenvalue weighted by Crippen LogP contribution is 2.29. The molecule has 3 rings (SSSR count). The molecule has 0 spiro atoms. The van der Waals surface area contributed by atoms with Crippen molar-refractivity contribution in [1.29, 1.82) is 0 Å². The molecule has 3 aromatic rings. The smallest absolute Gasteiger partial charge is 0.269 e. The maximum absolute atomic E-state index is 12.4. The van der Waals surface area contributed by atoms with Gasteiger partial charge in [-0.15, -0.1) is 10.2 Å². The SMILES string of the molecule is CCCC(CCCCCc1ccc(C)cc1)c1[nH]ccc1CC(=O)C(=O)c1nn[nH]n1. The fourth-order valence-electron chi connectivity index (χ4n) is 4.02. The van der Waals surface area contributed by atoms with Crippen LogP contribution in [0.2, 0.25) is 0 Å². The number of Topliss-reactive ketones (excluding diaryl/α,β-unsaturated/α-hetero) is 2. The van der Waals surface area contributed by atoms with E-state index in [9.17, 15) is 9.59 Å². The zero-order valence-electron chi connectivity index (χ0n) is 18.4. The lowest BCUT2D eigenvalue weighted by molar-refractivity contribution is -0.114. The normalized spacial score (nSPS) is 12.1. The first kappa shape index (κ1) is 22.6. The van der Waals surface area contributed by atoms with Gasteiger partial charge in [0, 0.05) is 18.3 Å². The molecule has 0 radical (unpaired) electrons. The summed E-state index contributed by atoms with van der Waals surface area (Å²) in [5, 5.41) is 12.8. The Morgan fingerprint density at radius 2 is 1.84 bits per heavy atom. The lowest BCUT2D eigenvalue weighted by Crippen LogP contribution is -2.19. The molecule has 0 saturated carbocycles. The second-order valence-corrected chi connectivity index (χ2v) is 8.15. The number of benzene rings is 1. The van der Waals surface area contributed by atoms with Gasteiger partial charge in [0.1, 0.15) is 0 Å². The number of tetrazole rings is 1. The van der Waals surface area contributed by atoms with Crippen LogP contribution in [0.15, 0.2) is 36.5 Å². The van der Waals surface area contributed by atoms with Gasteiger partial charge in [-0.3, -0.25) is 9.59 Å². The molecule has 7 heteroatoms. The highest BCUT2D eigenvalue weighted by atomic mass is 16.2. The molecule has 164 valence electrons. The largest absolute Gasteiger partial charge is 0.365 e. The quantitative estimate of drug-likeness (QED) is 0.240. The standard InChI is InChI=1S/C24H31N5O2/c1-3-7-19(9-6-4-5-8-18-12-10-17(2)11-13-18)22-20(14-15-25-22)16-21(30)23(31)24-26-28-29-27-24/h10-15,19,25H,3-9,16H2,1-2H3,(H,26,27,28,29). The van der Waals surface area contributed by atoms with Crippen LogP contribution in [-0.4, -0.2) is 37.2 Å². The first-order chi connectivity index (χ1) is 15.1. The molecular formula is C24H31N5O2. The number of ketones is 2. The number of aromatic nitrogens is 5. The molecule has 0 bridgehead atoms. The minimum Gasteiger partial charge on any atom is -0.365 e. The summed E-state index contributed by atoms with van der Waals surface area (Å²) >= 11 is 0. The second-order valence-electron chi connectivity index (χ2n) is 8.15. The number of unbranched alkanes of at least 4 members (excludes halogenated alkanes) is 2. The Hall–Kier alpha value is -3.09. The van der Waals surface area contributed by atoms with Gasteiger partial charge in [0.05, 0.1) is 0 Å². The third kappa shape index (κ3) is 6.44. The summed E-state index contributed by atoms with van der Waals surface area (Å²) < 4.78 is 0. The van der Waals surface area contributed by atoms with Crippen molar-refractivity contribution in [2.45, 2.75) is 71.1 Å². The van der Waals surface area contributed by atoms with Crippen LogP contribution in [0.5, 0.6) is 0 Å². The van der Waals surface area contributed by atoms with Gasteiger partial charge in [0.25, 0.3) is 5.78 Å². The number of carbonyl (C=O) groups excluding carboxylic acids is 2. The Morgan fingerprint density at radius 3 is 2.55 bits per heavy atom. The van der Waals surface area contributed by atoms with Gasteiger partial charge in [-0.2, -0.15) is 5.21 Å². The molecule has 2 N–H and O–H groups in total. The minimum atomic E-state index is -0.705. The van der Waals surface area contributed by atoms with Crippen LogP contribution in [0.4, 0.5) is 0 Å². The summed E-state index contributed by atoms with van der Waals surface area (Å²) in [5.41, 5.74) is 4.66. The minimum absolute atomic E-state index is 0.0554. The molecule has 0 aliphatic carbocycles. The van der Waals surface area contributed by atoms with E-state index in [0.717, 1.165) is 43.4 Å². The average Bonchev–Trinajstić information content (AvgIpc) is 3.46. The monoisotopic (exact) mass is 421 g/mol. The van der Waals surface area contributed by atoms with Gasteiger partial charge in [0.2, 0.25) is 11.6 Å². The predicted molar refractivity (Wildman–Crippen MR) is 119 cm³/mol.